The van der Waals surface area contributed by atoms with Gasteiger partial charge in [0.15, 0.2) is 0 Å². The van der Waals surface area contributed by atoms with Gasteiger partial charge in [-0.25, -0.2) is 0 Å². The van der Waals surface area contributed by atoms with Gasteiger partial charge in [0.25, 0.3) is 5.89 Å². The molecular formula is C12H7IN2O3. The molecule has 0 atom stereocenters. The highest BCUT2D eigenvalue weighted by Crippen LogP contribution is 2.30. The number of halogens is 1. The van der Waals surface area contributed by atoms with Gasteiger partial charge < -0.3 is 14.0 Å². The number of phenolic OH excluding ortho intramolecular Hbond substituents is 1. The Morgan fingerprint density at radius 1 is 1.22 bits per heavy atom. The smallest absolute Gasteiger partial charge is 0.262 e. The molecule has 0 aliphatic heterocycles. The molecule has 1 N–H and O–H groups in total. The monoisotopic (exact) mass is 354 g/mol. The molecular weight excluding hydrogens is 347 g/mol. The van der Waals surface area contributed by atoms with Gasteiger partial charge >= 0.3 is 0 Å². The average Bonchev–Trinajstić information content (AvgIpc) is 3.00. The van der Waals surface area contributed by atoms with Gasteiger partial charge in [-0.2, -0.15) is 4.98 Å². The molecule has 0 radical (unpaired) electrons. The number of benzene rings is 1. The molecule has 6 heteroatoms. The first kappa shape index (κ1) is 11.3. The summed E-state index contributed by atoms with van der Waals surface area (Å²) in [7, 11) is 0. The van der Waals surface area contributed by atoms with Crippen LogP contribution in [0.3, 0.4) is 0 Å². The Labute approximate surface area is 116 Å². The first-order valence-corrected chi connectivity index (χ1v) is 6.17. The molecule has 0 spiro atoms. The first-order chi connectivity index (χ1) is 8.74. The third-order valence-electron chi connectivity index (χ3n) is 2.39. The van der Waals surface area contributed by atoms with E-state index in [1.807, 2.05) is 0 Å². The molecule has 0 bridgehead atoms. The van der Waals surface area contributed by atoms with Gasteiger partial charge in [-0.3, -0.25) is 0 Å². The van der Waals surface area contributed by atoms with E-state index < -0.39 is 0 Å². The van der Waals surface area contributed by atoms with Gasteiger partial charge in [0.05, 0.1) is 17.4 Å². The lowest BCUT2D eigenvalue weighted by atomic mass is 10.2. The summed E-state index contributed by atoms with van der Waals surface area (Å²) in [5.74, 6) is 0.817. The highest BCUT2D eigenvalue weighted by molar-refractivity contribution is 14.1. The summed E-state index contributed by atoms with van der Waals surface area (Å²) in [5, 5.41) is 13.6. The van der Waals surface area contributed by atoms with Crippen molar-refractivity contribution in [2.45, 2.75) is 0 Å². The second-order valence-corrected chi connectivity index (χ2v) is 4.84. The second kappa shape index (κ2) is 4.45. The number of aromatic hydroxyl groups is 1. The maximum absolute atomic E-state index is 9.78. The zero-order valence-electron chi connectivity index (χ0n) is 9.00. The van der Waals surface area contributed by atoms with Crippen molar-refractivity contribution in [3.63, 3.8) is 0 Å². The average molecular weight is 354 g/mol. The van der Waals surface area contributed by atoms with Crippen molar-refractivity contribution < 1.29 is 14.0 Å². The number of nitrogens with zero attached hydrogens (tertiary/aromatic N) is 2. The summed E-state index contributed by atoms with van der Waals surface area (Å²) < 4.78 is 11.1. The lowest BCUT2D eigenvalue weighted by molar-refractivity contribution is 0.425. The van der Waals surface area contributed by atoms with Gasteiger partial charge in [-0.1, -0.05) is 5.16 Å². The first-order valence-electron chi connectivity index (χ1n) is 5.09. The van der Waals surface area contributed by atoms with E-state index in [2.05, 4.69) is 32.7 Å². The molecule has 0 aliphatic carbocycles. The molecule has 0 saturated heterocycles. The summed E-state index contributed by atoms with van der Waals surface area (Å²) >= 11 is 2.15. The van der Waals surface area contributed by atoms with Crippen LogP contribution in [0.5, 0.6) is 5.75 Å². The van der Waals surface area contributed by atoms with E-state index in [4.69, 9.17) is 8.94 Å². The maximum Gasteiger partial charge on any atom is 0.262 e. The normalized spacial score (nSPS) is 10.7. The summed E-state index contributed by atoms with van der Waals surface area (Å²) in [6.45, 7) is 0. The molecule has 0 fully saturated rings. The summed E-state index contributed by atoms with van der Waals surface area (Å²) in [6.07, 6.45) is 3.07. The highest BCUT2D eigenvalue weighted by atomic mass is 127. The predicted octanol–water partition coefficient (Wildman–Crippen LogP) is 3.31. The van der Waals surface area contributed by atoms with Crippen LogP contribution < -0.4 is 0 Å². The van der Waals surface area contributed by atoms with E-state index in [1.165, 1.54) is 12.5 Å². The van der Waals surface area contributed by atoms with Crippen molar-refractivity contribution in [2.75, 3.05) is 0 Å². The minimum atomic E-state index is 0.109. The van der Waals surface area contributed by atoms with Crippen LogP contribution in [0.2, 0.25) is 0 Å². The van der Waals surface area contributed by atoms with Crippen molar-refractivity contribution >= 4 is 22.6 Å². The fourth-order valence-electron chi connectivity index (χ4n) is 1.52. The molecule has 0 unspecified atom stereocenters. The molecule has 2 heterocycles. The maximum atomic E-state index is 9.78. The van der Waals surface area contributed by atoms with Crippen LogP contribution >= 0.6 is 22.6 Å². The number of phenols is 1. The largest absolute Gasteiger partial charge is 0.507 e. The molecule has 18 heavy (non-hydrogen) atoms. The Morgan fingerprint density at radius 2 is 2.11 bits per heavy atom. The summed E-state index contributed by atoms with van der Waals surface area (Å²) in [5.41, 5.74) is 1.25. The van der Waals surface area contributed by atoms with Gasteiger partial charge in [0.2, 0.25) is 5.82 Å². The van der Waals surface area contributed by atoms with Crippen LogP contribution in [0.4, 0.5) is 0 Å². The molecule has 3 rings (SSSR count). The molecule has 3 aromatic rings. The van der Waals surface area contributed by atoms with E-state index in [-0.39, 0.29) is 11.6 Å². The SMILES string of the molecule is Oc1ccc(I)cc1-c1nc(-c2ccoc2)no1. The van der Waals surface area contributed by atoms with E-state index in [0.717, 1.165) is 9.13 Å². The number of aromatic nitrogens is 2. The molecule has 90 valence electrons. The Balaban J connectivity index is 2.05. The van der Waals surface area contributed by atoms with E-state index >= 15 is 0 Å². The predicted molar refractivity (Wildman–Crippen MR) is 71.8 cm³/mol. The van der Waals surface area contributed by atoms with Crippen LogP contribution in [0.1, 0.15) is 0 Å². The van der Waals surface area contributed by atoms with Crippen LogP contribution in [-0.4, -0.2) is 15.2 Å². The molecule has 1 aromatic carbocycles. The van der Waals surface area contributed by atoms with Crippen molar-refractivity contribution in [1.82, 2.24) is 10.1 Å². The van der Waals surface area contributed by atoms with Crippen molar-refractivity contribution in [2.24, 2.45) is 0 Å². The van der Waals surface area contributed by atoms with Gasteiger partial charge in [0, 0.05) is 3.57 Å². The number of hydrogen-bond donors (Lipinski definition) is 1. The van der Waals surface area contributed by atoms with Crippen molar-refractivity contribution in [3.05, 3.63) is 40.4 Å². The third-order valence-corrected chi connectivity index (χ3v) is 3.07. The highest BCUT2D eigenvalue weighted by Gasteiger charge is 2.14. The topological polar surface area (TPSA) is 72.3 Å². The second-order valence-electron chi connectivity index (χ2n) is 3.60. The summed E-state index contributed by atoms with van der Waals surface area (Å²) in [6, 6.07) is 6.91. The van der Waals surface area contributed by atoms with Crippen LogP contribution in [0.15, 0.2) is 45.7 Å². The molecule has 2 aromatic heterocycles. The lowest BCUT2D eigenvalue weighted by Gasteiger charge is -1.99. The molecule has 5 nitrogen and oxygen atoms in total. The number of furan rings is 1. The lowest BCUT2D eigenvalue weighted by Crippen LogP contribution is -1.81. The quantitative estimate of drug-likeness (QED) is 0.715. The van der Waals surface area contributed by atoms with Crippen LogP contribution in [0, 0.1) is 3.57 Å². The Morgan fingerprint density at radius 3 is 2.89 bits per heavy atom. The van der Waals surface area contributed by atoms with E-state index in [9.17, 15) is 5.11 Å². The Bertz CT molecular complexity index is 676. The Hall–Kier alpha value is -1.83. The van der Waals surface area contributed by atoms with Crippen molar-refractivity contribution in [3.8, 4) is 28.6 Å². The van der Waals surface area contributed by atoms with Crippen LogP contribution in [-0.2, 0) is 0 Å². The van der Waals surface area contributed by atoms with Crippen LogP contribution in [0.25, 0.3) is 22.8 Å². The van der Waals surface area contributed by atoms with Gasteiger partial charge in [0.1, 0.15) is 12.0 Å². The minimum absolute atomic E-state index is 0.109. The molecule has 0 amide bonds. The fourth-order valence-corrected chi connectivity index (χ4v) is 2.01. The van der Waals surface area contributed by atoms with E-state index in [1.54, 1.807) is 24.3 Å². The Kier molecular flexibility index (Phi) is 2.78. The molecule has 0 saturated carbocycles. The fraction of sp³-hybridized carbons (Fsp3) is 0. The van der Waals surface area contributed by atoms with E-state index in [0.29, 0.717) is 11.4 Å². The minimum Gasteiger partial charge on any atom is -0.507 e. The number of hydrogen-bond acceptors (Lipinski definition) is 5. The van der Waals surface area contributed by atoms with Gasteiger partial charge in [-0.05, 0) is 46.9 Å². The number of rotatable bonds is 2. The zero-order chi connectivity index (χ0) is 12.5. The third kappa shape index (κ3) is 1.99. The summed E-state index contributed by atoms with van der Waals surface area (Å²) in [4.78, 5) is 4.22. The van der Waals surface area contributed by atoms with Gasteiger partial charge in [-0.15, -0.1) is 0 Å². The van der Waals surface area contributed by atoms with Crippen molar-refractivity contribution in [1.29, 1.82) is 0 Å². The standard InChI is InChI=1S/C12H7IN2O3/c13-8-1-2-10(16)9(5-8)12-14-11(15-18-12)7-3-4-17-6-7/h1-6,16H. The zero-order valence-corrected chi connectivity index (χ0v) is 11.2. The molecule has 0 aliphatic rings.